The highest BCUT2D eigenvalue weighted by atomic mass is 16.5. The van der Waals surface area contributed by atoms with Gasteiger partial charge in [-0.1, -0.05) is 0 Å². The lowest BCUT2D eigenvalue weighted by Gasteiger charge is -2.29. The third kappa shape index (κ3) is 1.59. The Hall–Kier alpha value is -0.610. The molecule has 0 aromatic carbocycles. The van der Waals surface area contributed by atoms with Gasteiger partial charge in [-0.3, -0.25) is 4.79 Å². The van der Waals surface area contributed by atoms with Gasteiger partial charge < -0.3 is 15.2 Å². The summed E-state index contributed by atoms with van der Waals surface area (Å²) in [5.74, 6) is -0.784. The molecule has 1 aliphatic carbocycles. The second-order valence-electron chi connectivity index (χ2n) is 3.69. The highest BCUT2D eigenvalue weighted by molar-refractivity contribution is 5.67. The Morgan fingerprint density at radius 1 is 1.67 bits per heavy atom. The van der Waals surface area contributed by atoms with Crippen LogP contribution in [0.5, 0.6) is 0 Å². The Balaban J connectivity index is 1.78. The fraction of sp³-hybridized carbons (Fsp3) is 0.875. The molecule has 1 aliphatic heterocycles. The molecule has 1 saturated carbocycles. The Morgan fingerprint density at radius 3 is 2.83 bits per heavy atom. The number of aliphatic carboxylic acids is 1. The lowest BCUT2D eigenvalue weighted by molar-refractivity contribution is -0.141. The summed E-state index contributed by atoms with van der Waals surface area (Å²) >= 11 is 0. The summed E-state index contributed by atoms with van der Waals surface area (Å²) in [6, 6.07) is 0. The van der Waals surface area contributed by atoms with E-state index in [1.54, 1.807) is 0 Å². The number of morpholine rings is 1. The number of nitrogens with one attached hydrogen (secondary N) is 1. The Kier molecular flexibility index (Phi) is 1.81. The molecule has 0 aromatic heterocycles. The van der Waals surface area contributed by atoms with Gasteiger partial charge in [0.2, 0.25) is 0 Å². The molecule has 1 atom stereocenters. The molecular weight excluding hydrogens is 158 g/mol. The second-order valence-corrected chi connectivity index (χ2v) is 3.69. The summed E-state index contributed by atoms with van der Waals surface area (Å²) in [4.78, 5) is 10.3. The Labute approximate surface area is 70.9 Å². The van der Waals surface area contributed by atoms with Crippen LogP contribution in [-0.2, 0) is 9.53 Å². The van der Waals surface area contributed by atoms with E-state index in [4.69, 9.17) is 9.84 Å². The molecule has 0 aromatic rings. The van der Waals surface area contributed by atoms with Crippen LogP contribution in [0.1, 0.15) is 19.3 Å². The van der Waals surface area contributed by atoms with E-state index >= 15 is 0 Å². The summed E-state index contributed by atoms with van der Waals surface area (Å²) in [6.07, 6.45) is 2.33. The zero-order chi connectivity index (χ0) is 8.60. The first-order chi connectivity index (χ1) is 5.70. The first kappa shape index (κ1) is 8.01. The minimum atomic E-state index is -0.784. The van der Waals surface area contributed by atoms with Crippen molar-refractivity contribution in [2.24, 2.45) is 0 Å². The van der Waals surface area contributed by atoms with Crippen molar-refractivity contribution in [2.45, 2.75) is 30.9 Å². The van der Waals surface area contributed by atoms with Crippen molar-refractivity contribution in [3.8, 4) is 0 Å². The molecule has 1 saturated heterocycles. The van der Waals surface area contributed by atoms with Gasteiger partial charge in [0.15, 0.2) is 0 Å². The molecule has 68 valence electrons. The van der Waals surface area contributed by atoms with Crippen LogP contribution in [0.15, 0.2) is 0 Å². The van der Waals surface area contributed by atoms with E-state index in [0.29, 0.717) is 13.2 Å². The molecule has 4 nitrogen and oxygen atoms in total. The van der Waals surface area contributed by atoms with Crippen LogP contribution in [0.2, 0.25) is 0 Å². The van der Waals surface area contributed by atoms with Crippen molar-refractivity contribution in [1.82, 2.24) is 5.32 Å². The average molecular weight is 171 g/mol. The van der Waals surface area contributed by atoms with Gasteiger partial charge in [-0.05, 0) is 12.8 Å². The smallest absolute Gasteiger partial charge is 0.306 e. The Morgan fingerprint density at radius 2 is 2.42 bits per heavy atom. The van der Waals surface area contributed by atoms with Gasteiger partial charge >= 0.3 is 5.97 Å². The van der Waals surface area contributed by atoms with Crippen molar-refractivity contribution < 1.29 is 14.6 Å². The molecule has 2 fully saturated rings. The molecule has 1 spiro atoms. The van der Waals surface area contributed by atoms with E-state index in [0.717, 1.165) is 0 Å². The molecule has 1 unspecified atom stereocenters. The van der Waals surface area contributed by atoms with Crippen molar-refractivity contribution in [1.29, 1.82) is 0 Å². The van der Waals surface area contributed by atoms with Gasteiger partial charge in [0.25, 0.3) is 0 Å². The van der Waals surface area contributed by atoms with Gasteiger partial charge in [0.1, 0.15) is 0 Å². The maximum Gasteiger partial charge on any atom is 0.306 e. The summed E-state index contributed by atoms with van der Waals surface area (Å²) in [7, 11) is 0. The van der Waals surface area contributed by atoms with Crippen molar-refractivity contribution in [3.05, 3.63) is 0 Å². The lowest BCUT2D eigenvalue weighted by Crippen LogP contribution is -2.48. The number of hydrogen-bond acceptors (Lipinski definition) is 3. The summed E-state index contributed by atoms with van der Waals surface area (Å²) in [6.45, 7) is 1.37. The lowest BCUT2D eigenvalue weighted by atomic mass is 10.1. The number of carbonyl (C=O) groups is 1. The van der Waals surface area contributed by atoms with Crippen LogP contribution in [0.3, 0.4) is 0 Å². The highest BCUT2D eigenvalue weighted by Gasteiger charge is 2.45. The zero-order valence-electron chi connectivity index (χ0n) is 6.88. The maximum atomic E-state index is 10.3. The average Bonchev–Trinajstić information content (AvgIpc) is 2.75. The molecule has 2 rings (SSSR count). The first-order valence-electron chi connectivity index (χ1n) is 4.29. The topological polar surface area (TPSA) is 58.6 Å². The van der Waals surface area contributed by atoms with E-state index in [-0.39, 0.29) is 18.1 Å². The van der Waals surface area contributed by atoms with Crippen molar-refractivity contribution >= 4 is 5.97 Å². The third-order valence-corrected chi connectivity index (χ3v) is 2.56. The van der Waals surface area contributed by atoms with Gasteiger partial charge in [-0.25, -0.2) is 0 Å². The third-order valence-electron chi connectivity index (χ3n) is 2.56. The van der Waals surface area contributed by atoms with Gasteiger partial charge in [-0.15, -0.1) is 0 Å². The zero-order valence-corrected chi connectivity index (χ0v) is 6.88. The number of carboxylic acid groups (broad SMARTS) is 1. The predicted octanol–water partition coefficient (Wildman–Crippen LogP) is -0.0179. The highest BCUT2D eigenvalue weighted by Crippen LogP contribution is 2.37. The molecule has 2 N–H and O–H groups in total. The summed E-state index contributed by atoms with van der Waals surface area (Å²) < 4.78 is 5.42. The van der Waals surface area contributed by atoms with E-state index in [1.165, 1.54) is 12.8 Å². The minimum Gasteiger partial charge on any atom is -0.481 e. The van der Waals surface area contributed by atoms with Gasteiger partial charge in [0.05, 0.1) is 19.1 Å². The van der Waals surface area contributed by atoms with E-state index in [2.05, 4.69) is 5.32 Å². The second kappa shape index (κ2) is 2.71. The van der Waals surface area contributed by atoms with Crippen LogP contribution < -0.4 is 5.32 Å². The predicted molar refractivity (Wildman–Crippen MR) is 42.0 cm³/mol. The monoisotopic (exact) mass is 171 g/mol. The quantitative estimate of drug-likeness (QED) is 0.613. The van der Waals surface area contributed by atoms with E-state index in [9.17, 15) is 4.79 Å². The van der Waals surface area contributed by atoms with Crippen LogP contribution in [0, 0.1) is 0 Å². The first-order valence-corrected chi connectivity index (χ1v) is 4.29. The number of rotatable bonds is 2. The fourth-order valence-corrected chi connectivity index (χ4v) is 1.52. The largest absolute Gasteiger partial charge is 0.481 e. The SMILES string of the molecule is O=C(O)CC1CNC2(CC2)CO1. The molecule has 2 aliphatic rings. The van der Waals surface area contributed by atoms with Gasteiger partial charge in [0, 0.05) is 12.1 Å². The van der Waals surface area contributed by atoms with Crippen LogP contribution in [-0.4, -0.2) is 35.9 Å². The number of hydrogen-bond donors (Lipinski definition) is 2. The maximum absolute atomic E-state index is 10.3. The number of carboxylic acids is 1. The van der Waals surface area contributed by atoms with E-state index in [1.807, 2.05) is 0 Å². The normalized spacial score (nSPS) is 31.8. The van der Waals surface area contributed by atoms with Crippen molar-refractivity contribution in [3.63, 3.8) is 0 Å². The van der Waals surface area contributed by atoms with E-state index < -0.39 is 5.97 Å². The molecule has 0 bridgehead atoms. The van der Waals surface area contributed by atoms with Crippen LogP contribution >= 0.6 is 0 Å². The molecule has 1 heterocycles. The molecular formula is C8H13NO3. The van der Waals surface area contributed by atoms with Crippen LogP contribution in [0.25, 0.3) is 0 Å². The van der Waals surface area contributed by atoms with Crippen LogP contribution in [0.4, 0.5) is 0 Å². The fourth-order valence-electron chi connectivity index (χ4n) is 1.52. The molecule has 4 heteroatoms. The molecule has 0 radical (unpaired) electrons. The summed E-state index contributed by atoms with van der Waals surface area (Å²) in [5, 5.41) is 11.8. The summed E-state index contributed by atoms with van der Waals surface area (Å²) in [5.41, 5.74) is 0.231. The molecule has 0 amide bonds. The van der Waals surface area contributed by atoms with Crippen molar-refractivity contribution in [2.75, 3.05) is 13.2 Å². The minimum absolute atomic E-state index is 0.114. The standard InChI is InChI=1S/C8H13NO3/c10-7(11)3-6-4-9-8(1-2-8)5-12-6/h6,9H,1-5H2,(H,10,11). The number of ether oxygens (including phenoxy) is 1. The van der Waals surface area contributed by atoms with Gasteiger partial charge in [-0.2, -0.15) is 0 Å². The Bertz CT molecular complexity index is 190. The molecule has 12 heavy (non-hydrogen) atoms.